The summed E-state index contributed by atoms with van der Waals surface area (Å²) in [5.74, 6) is 0. The minimum atomic E-state index is -0.206. The van der Waals surface area contributed by atoms with Crippen LogP contribution in [0.4, 0.5) is 10.5 Å². The molecule has 17 heavy (non-hydrogen) atoms. The maximum Gasteiger partial charge on any atom is 0.414 e. The number of anilines is 1. The number of hydrogen-bond donors (Lipinski definition) is 0. The molecule has 2 heterocycles. The molecule has 0 spiro atoms. The molecular formula is C13H16N2O2. The van der Waals surface area contributed by atoms with Gasteiger partial charge in [-0.15, -0.1) is 0 Å². The largest absolute Gasteiger partial charge is 0.444 e. The molecule has 0 radical (unpaired) electrons. The quantitative estimate of drug-likeness (QED) is 0.743. The van der Waals surface area contributed by atoms with Gasteiger partial charge in [0.1, 0.15) is 6.61 Å². The highest BCUT2D eigenvalue weighted by atomic mass is 16.6. The van der Waals surface area contributed by atoms with Crippen LogP contribution in [-0.4, -0.2) is 31.6 Å². The van der Waals surface area contributed by atoms with E-state index >= 15 is 0 Å². The van der Waals surface area contributed by atoms with Crippen molar-refractivity contribution >= 4 is 11.8 Å². The Labute approximate surface area is 101 Å². The van der Waals surface area contributed by atoms with Crippen LogP contribution in [0.25, 0.3) is 0 Å². The molecule has 90 valence electrons. The fourth-order valence-electron chi connectivity index (χ4n) is 2.78. The Morgan fingerprint density at radius 1 is 1.41 bits per heavy atom. The van der Waals surface area contributed by atoms with Crippen molar-refractivity contribution in [3.63, 3.8) is 0 Å². The molecule has 0 saturated carbocycles. The number of benzene rings is 1. The minimum absolute atomic E-state index is 0.206. The number of carbonyl (C=O) groups excluding carboxylic acids is 1. The second kappa shape index (κ2) is 3.74. The summed E-state index contributed by atoms with van der Waals surface area (Å²) in [4.78, 5) is 15.7. The summed E-state index contributed by atoms with van der Waals surface area (Å²) in [7, 11) is 4.17. The van der Waals surface area contributed by atoms with Gasteiger partial charge in [-0.1, -0.05) is 18.2 Å². The van der Waals surface area contributed by atoms with Gasteiger partial charge >= 0.3 is 6.09 Å². The first-order valence-corrected chi connectivity index (χ1v) is 5.91. The third-order valence-electron chi connectivity index (χ3n) is 3.60. The van der Waals surface area contributed by atoms with Gasteiger partial charge in [0.05, 0.1) is 5.69 Å². The van der Waals surface area contributed by atoms with Gasteiger partial charge < -0.3 is 9.64 Å². The third-order valence-corrected chi connectivity index (χ3v) is 3.60. The minimum Gasteiger partial charge on any atom is -0.444 e. The lowest BCUT2D eigenvalue weighted by Gasteiger charge is -2.39. The molecule has 1 aromatic carbocycles. The molecule has 0 aliphatic carbocycles. The van der Waals surface area contributed by atoms with Crippen molar-refractivity contribution in [2.75, 3.05) is 25.5 Å². The normalized spacial score (nSPS) is 22.4. The molecular weight excluding hydrogens is 216 g/mol. The van der Waals surface area contributed by atoms with E-state index in [1.54, 1.807) is 4.90 Å². The molecule has 0 N–H and O–H groups in total. The average molecular weight is 232 g/mol. The lowest BCUT2D eigenvalue weighted by Crippen LogP contribution is -2.42. The second-order valence-corrected chi connectivity index (χ2v) is 4.83. The van der Waals surface area contributed by atoms with E-state index in [9.17, 15) is 4.79 Å². The van der Waals surface area contributed by atoms with E-state index in [0.29, 0.717) is 12.6 Å². The van der Waals surface area contributed by atoms with Crippen molar-refractivity contribution in [2.45, 2.75) is 19.1 Å². The highest BCUT2D eigenvalue weighted by molar-refractivity contribution is 5.92. The summed E-state index contributed by atoms with van der Waals surface area (Å²) in [5, 5.41) is 0. The average Bonchev–Trinajstić information content (AvgIpc) is 2.33. The zero-order valence-electron chi connectivity index (χ0n) is 10.1. The smallest absolute Gasteiger partial charge is 0.414 e. The predicted molar refractivity (Wildman–Crippen MR) is 65.0 cm³/mol. The maximum atomic E-state index is 11.7. The van der Waals surface area contributed by atoms with Crippen LogP contribution in [0, 0.1) is 0 Å². The molecule has 0 fully saturated rings. The van der Waals surface area contributed by atoms with Crippen LogP contribution in [0.1, 0.15) is 23.6 Å². The van der Waals surface area contributed by atoms with Gasteiger partial charge in [0, 0.05) is 18.2 Å². The highest BCUT2D eigenvalue weighted by Gasteiger charge is 2.35. The molecule has 1 aromatic rings. The molecule has 0 bridgehead atoms. The van der Waals surface area contributed by atoms with Crippen LogP contribution in [0.5, 0.6) is 0 Å². The Morgan fingerprint density at radius 3 is 3.00 bits per heavy atom. The van der Waals surface area contributed by atoms with Crippen molar-refractivity contribution < 1.29 is 9.53 Å². The van der Waals surface area contributed by atoms with Crippen LogP contribution in [0.2, 0.25) is 0 Å². The van der Waals surface area contributed by atoms with Crippen LogP contribution >= 0.6 is 0 Å². The number of cyclic esters (lactones) is 1. The number of ether oxygens (including phenoxy) is 1. The van der Waals surface area contributed by atoms with Gasteiger partial charge in [-0.25, -0.2) is 4.79 Å². The van der Waals surface area contributed by atoms with Gasteiger partial charge in [-0.2, -0.15) is 0 Å². The van der Waals surface area contributed by atoms with Crippen molar-refractivity contribution in [1.29, 1.82) is 0 Å². The standard InChI is InChI=1S/C13H16N2O2/c1-14(2)11-6-7-15-12-9(8-17-13(15)16)4-3-5-10(11)12/h3-5,11H,6-8H2,1-2H3. The van der Waals surface area contributed by atoms with Crippen molar-refractivity contribution in [1.82, 2.24) is 4.90 Å². The fraction of sp³-hybridized carbons (Fsp3) is 0.462. The molecule has 1 unspecified atom stereocenters. The predicted octanol–water partition coefficient (Wildman–Crippen LogP) is 2.15. The number of hydrogen-bond acceptors (Lipinski definition) is 3. The number of amides is 1. The van der Waals surface area contributed by atoms with E-state index in [2.05, 4.69) is 25.1 Å². The van der Waals surface area contributed by atoms with Gasteiger partial charge in [0.15, 0.2) is 0 Å². The molecule has 4 heteroatoms. The summed E-state index contributed by atoms with van der Waals surface area (Å²) in [6.07, 6.45) is 0.751. The van der Waals surface area contributed by atoms with Gasteiger partial charge in [-0.3, -0.25) is 4.90 Å². The van der Waals surface area contributed by atoms with Crippen LogP contribution in [0.3, 0.4) is 0 Å². The summed E-state index contributed by atoms with van der Waals surface area (Å²) in [6, 6.07) is 6.60. The second-order valence-electron chi connectivity index (χ2n) is 4.83. The Balaban J connectivity index is 2.15. The lowest BCUT2D eigenvalue weighted by atomic mass is 9.92. The molecule has 2 aliphatic rings. The van der Waals surface area contributed by atoms with Crippen LogP contribution in [-0.2, 0) is 11.3 Å². The third kappa shape index (κ3) is 1.52. The number of nitrogens with zero attached hydrogens (tertiary/aromatic N) is 2. The summed E-state index contributed by atoms with van der Waals surface area (Å²) >= 11 is 0. The van der Waals surface area contributed by atoms with Crippen molar-refractivity contribution in [2.24, 2.45) is 0 Å². The van der Waals surface area contributed by atoms with Gasteiger partial charge in [-0.05, 0) is 26.1 Å². The highest BCUT2D eigenvalue weighted by Crippen LogP contribution is 2.41. The van der Waals surface area contributed by atoms with Crippen LogP contribution in [0.15, 0.2) is 18.2 Å². The van der Waals surface area contributed by atoms with E-state index in [1.807, 2.05) is 12.1 Å². The van der Waals surface area contributed by atoms with E-state index in [4.69, 9.17) is 4.74 Å². The number of rotatable bonds is 1. The Bertz CT molecular complexity index is 470. The zero-order valence-corrected chi connectivity index (χ0v) is 10.1. The SMILES string of the molecule is CN(C)C1CCN2C(=O)OCc3cccc1c32. The van der Waals surface area contributed by atoms with Gasteiger partial charge in [0.2, 0.25) is 0 Å². The molecule has 2 aliphatic heterocycles. The lowest BCUT2D eigenvalue weighted by molar-refractivity contribution is 0.138. The maximum absolute atomic E-state index is 11.7. The fourth-order valence-corrected chi connectivity index (χ4v) is 2.78. The zero-order chi connectivity index (χ0) is 12.0. The number of carbonyl (C=O) groups is 1. The molecule has 4 nitrogen and oxygen atoms in total. The Kier molecular flexibility index (Phi) is 2.33. The van der Waals surface area contributed by atoms with E-state index in [1.165, 1.54) is 5.56 Å². The van der Waals surface area contributed by atoms with Crippen molar-refractivity contribution in [3.8, 4) is 0 Å². The van der Waals surface area contributed by atoms with Gasteiger partial charge in [0.25, 0.3) is 0 Å². The Morgan fingerprint density at radius 2 is 2.24 bits per heavy atom. The van der Waals surface area contributed by atoms with E-state index in [-0.39, 0.29) is 6.09 Å². The van der Waals surface area contributed by atoms with Crippen molar-refractivity contribution in [3.05, 3.63) is 29.3 Å². The van der Waals surface area contributed by atoms with E-state index < -0.39 is 0 Å². The number of para-hydroxylation sites is 1. The summed E-state index contributed by atoms with van der Waals surface area (Å²) < 4.78 is 5.17. The molecule has 1 amide bonds. The molecule has 0 saturated heterocycles. The molecule has 1 atom stereocenters. The molecule has 3 rings (SSSR count). The first-order chi connectivity index (χ1) is 8.18. The topological polar surface area (TPSA) is 32.8 Å². The monoisotopic (exact) mass is 232 g/mol. The first kappa shape index (κ1) is 10.6. The van der Waals surface area contributed by atoms with Crippen LogP contribution < -0.4 is 4.90 Å². The Hall–Kier alpha value is -1.55. The first-order valence-electron chi connectivity index (χ1n) is 5.91. The summed E-state index contributed by atoms with van der Waals surface area (Å²) in [5.41, 5.74) is 3.44. The summed E-state index contributed by atoms with van der Waals surface area (Å²) in [6.45, 7) is 1.14. The van der Waals surface area contributed by atoms with E-state index in [0.717, 1.165) is 24.2 Å². The molecule has 0 aromatic heterocycles.